The van der Waals surface area contributed by atoms with Crippen LogP contribution in [0.3, 0.4) is 0 Å². The van der Waals surface area contributed by atoms with E-state index >= 15 is 0 Å². The number of hydrogen-bond donors (Lipinski definition) is 0. The molecule has 186 valence electrons. The second kappa shape index (κ2) is 8.19. The van der Waals surface area contributed by atoms with E-state index in [4.69, 9.17) is 0 Å². The average molecular weight is 523 g/mol. The van der Waals surface area contributed by atoms with Gasteiger partial charge in [-0.05, 0) is 66.6 Å². The number of aryl methyl sites for hydroxylation is 1. The summed E-state index contributed by atoms with van der Waals surface area (Å²) < 4.78 is 2.18. The fraction of sp³-hybridized carbons (Fsp3) is 0.0588. The number of pyridine rings is 2. The molecule has 2 aromatic heterocycles. The molecule has 7 aromatic rings. The van der Waals surface area contributed by atoms with E-state index in [1.807, 2.05) is 60.7 Å². The van der Waals surface area contributed by atoms with Crippen LogP contribution in [-0.4, -0.2) is 4.40 Å². The lowest BCUT2D eigenvalue weighted by Crippen LogP contribution is -2.18. The van der Waals surface area contributed by atoms with Crippen LogP contribution in [0.25, 0.3) is 38.1 Å². The van der Waals surface area contributed by atoms with Gasteiger partial charge in [0.25, 0.3) is 0 Å². The number of fused-ring (bicyclic) bond motifs is 7. The second-order valence-corrected chi connectivity index (χ2v) is 11.0. The maximum atomic E-state index is 14.0. The molecule has 0 amide bonds. The van der Waals surface area contributed by atoms with Crippen LogP contribution in [0.15, 0.2) is 123 Å². The Balaban J connectivity index is 1.64. The van der Waals surface area contributed by atoms with Gasteiger partial charge in [0.1, 0.15) is 0 Å². The molecular formula is C34H22N2O2S. The maximum Gasteiger partial charge on any atom is 0.197 e. The van der Waals surface area contributed by atoms with E-state index in [1.54, 1.807) is 11.8 Å². The summed E-state index contributed by atoms with van der Waals surface area (Å²) in [5, 5.41) is 2.53. The second-order valence-electron chi connectivity index (χ2n) is 9.91. The van der Waals surface area contributed by atoms with E-state index in [0.717, 1.165) is 55.3 Å². The van der Waals surface area contributed by atoms with Gasteiger partial charge in [0.2, 0.25) is 0 Å². The van der Waals surface area contributed by atoms with Crippen LogP contribution in [-0.2, 0) is 6.42 Å². The van der Waals surface area contributed by atoms with Gasteiger partial charge in [0, 0.05) is 32.1 Å². The summed E-state index contributed by atoms with van der Waals surface area (Å²) in [6, 6.07) is 34.3. The fourth-order valence-corrected chi connectivity index (χ4v) is 7.37. The van der Waals surface area contributed by atoms with Crippen molar-refractivity contribution in [2.45, 2.75) is 23.1 Å². The first-order chi connectivity index (χ1) is 19.2. The van der Waals surface area contributed by atoms with Gasteiger partial charge >= 0.3 is 0 Å². The summed E-state index contributed by atoms with van der Waals surface area (Å²) >= 11 is 1.69. The summed E-state index contributed by atoms with van der Waals surface area (Å²) in [4.78, 5) is 32.3. The van der Waals surface area contributed by atoms with Gasteiger partial charge in [-0.3, -0.25) is 9.59 Å². The predicted octanol–water partition coefficient (Wildman–Crippen LogP) is 8.05. The minimum Gasteiger partial charge on any atom is -0.308 e. The molecule has 0 aliphatic carbocycles. The molecule has 8 rings (SSSR count). The average Bonchev–Trinajstić information content (AvgIpc) is 2.99. The summed E-state index contributed by atoms with van der Waals surface area (Å²) in [6.45, 7) is 2.08. The number of benzene rings is 5. The van der Waals surface area contributed by atoms with E-state index in [1.165, 1.54) is 0 Å². The molecular weight excluding hydrogens is 500 g/mol. The SMILES string of the molecule is CCc1cccc2c1c(=O)c1cccc3c(=O)c4ccc5c(c4n2c31)Sc1ccccc1N5c1ccccc1. The Morgan fingerprint density at radius 1 is 0.641 bits per heavy atom. The molecule has 1 aliphatic rings. The van der Waals surface area contributed by atoms with Crippen molar-refractivity contribution in [3.63, 3.8) is 0 Å². The van der Waals surface area contributed by atoms with Gasteiger partial charge in [-0.25, -0.2) is 0 Å². The van der Waals surface area contributed by atoms with E-state index in [0.29, 0.717) is 21.7 Å². The molecule has 0 spiro atoms. The van der Waals surface area contributed by atoms with Crippen LogP contribution in [0.4, 0.5) is 17.1 Å². The summed E-state index contributed by atoms with van der Waals surface area (Å²) in [5.41, 5.74) is 6.51. The number of hydrogen-bond acceptors (Lipinski definition) is 4. The first-order valence-corrected chi connectivity index (χ1v) is 13.9. The van der Waals surface area contributed by atoms with Crippen LogP contribution in [0.5, 0.6) is 0 Å². The van der Waals surface area contributed by atoms with Crippen molar-refractivity contribution < 1.29 is 0 Å². The molecule has 3 heterocycles. The van der Waals surface area contributed by atoms with Gasteiger partial charge in [-0.15, -0.1) is 0 Å². The van der Waals surface area contributed by atoms with Gasteiger partial charge < -0.3 is 9.30 Å². The molecule has 4 nitrogen and oxygen atoms in total. The van der Waals surface area contributed by atoms with Crippen molar-refractivity contribution in [1.29, 1.82) is 0 Å². The summed E-state index contributed by atoms with van der Waals surface area (Å²) in [6.07, 6.45) is 0.750. The molecule has 5 aromatic carbocycles. The van der Waals surface area contributed by atoms with Crippen LogP contribution in [0.2, 0.25) is 0 Å². The molecule has 0 radical (unpaired) electrons. The quantitative estimate of drug-likeness (QED) is 0.170. The number of aromatic nitrogens is 1. The highest BCUT2D eigenvalue weighted by Gasteiger charge is 2.29. The molecule has 0 saturated carbocycles. The Bertz CT molecular complexity index is 2240. The van der Waals surface area contributed by atoms with Crippen molar-refractivity contribution >= 4 is 66.9 Å². The third-order valence-electron chi connectivity index (χ3n) is 7.88. The number of anilines is 3. The molecule has 0 N–H and O–H groups in total. The molecule has 0 unspecified atom stereocenters. The zero-order valence-corrected chi connectivity index (χ0v) is 22.0. The predicted molar refractivity (Wildman–Crippen MR) is 162 cm³/mol. The van der Waals surface area contributed by atoms with E-state index in [9.17, 15) is 9.59 Å². The lowest BCUT2D eigenvalue weighted by atomic mass is 9.99. The Morgan fingerprint density at radius 3 is 2.18 bits per heavy atom. The highest BCUT2D eigenvalue weighted by Crippen LogP contribution is 2.53. The smallest absolute Gasteiger partial charge is 0.197 e. The van der Waals surface area contributed by atoms with E-state index in [-0.39, 0.29) is 10.9 Å². The molecule has 0 bridgehead atoms. The zero-order valence-electron chi connectivity index (χ0n) is 21.1. The highest BCUT2D eigenvalue weighted by atomic mass is 32.2. The van der Waals surface area contributed by atoms with Crippen molar-refractivity contribution in [1.82, 2.24) is 4.40 Å². The van der Waals surface area contributed by atoms with Crippen LogP contribution >= 0.6 is 11.8 Å². The number of para-hydroxylation sites is 3. The Morgan fingerprint density at radius 2 is 1.36 bits per heavy atom. The van der Waals surface area contributed by atoms with Crippen molar-refractivity contribution in [3.05, 3.63) is 129 Å². The Kier molecular flexibility index (Phi) is 4.70. The third kappa shape index (κ3) is 2.96. The van der Waals surface area contributed by atoms with Crippen LogP contribution < -0.4 is 15.8 Å². The Labute approximate surface area is 228 Å². The lowest BCUT2D eigenvalue weighted by Gasteiger charge is -2.33. The van der Waals surface area contributed by atoms with Gasteiger partial charge in [0.15, 0.2) is 10.9 Å². The molecule has 0 saturated heterocycles. The zero-order chi connectivity index (χ0) is 26.2. The van der Waals surface area contributed by atoms with Crippen molar-refractivity contribution in [2.75, 3.05) is 4.90 Å². The van der Waals surface area contributed by atoms with Crippen LogP contribution in [0.1, 0.15) is 12.5 Å². The maximum absolute atomic E-state index is 14.0. The number of nitrogens with zero attached hydrogens (tertiary/aromatic N) is 2. The van der Waals surface area contributed by atoms with Gasteiger partial charge in [-0.1, -0.05) is 67.2 Å². The topological polar surface area (TPSA) is 41.8 Å². The molecule has 0 atom stereocenters. The van der Waals surface area contributed by atoms with Crippen molar-refractivity contribution in [2.24, 2.45) is 0 Å². The molecule has 1 aliphatic heterocycles. The standard InChI is InChI=1S/C34H22N2O2S/c1-2-20-10-8-16-26-29(20)33(38)23-14-9-13-22-30(23)36(26)31-24(32(22)37)18-19-27-34(31)39-28-17-7-6-15-25(28)35(27)21-11-4-3-5-12-21/h3-19H,2H2,1H3. The Hall–Kier alpha value is -4.61. The van der Waals surface area contributed by atoms with Crippen LogP contribution in [0, 0.1) is 0 Å². The largest absolute Gasteiger partial charge is 0.308 e. The minimum absolute atomic E-state index is 0.0134. The highest BCUT2D eigenvalue weighted by molar-refractivity contribution is 8.00. The van der Waals surface area contributed by atoms with Gasteiger partial charge in [-0.2, -0.15) is 0 Å². The van der Waals surface area contributed by atoms with E-state index in [2.05, 4.69) is 58.7 Å². The molecule has 0 fully saturated rings. The normalized spacial score (nSPS) is 12.9. The first kappa shape index (κ1) is 22.4. The fourth-order valence-electron chi connectivity index (χ4n) is 6.18. The van der Waals surface area contributed by atoms with Gasteiger partial charge in [0.05, 0.1) is 32.8 Å². The van der Waals surface area contributed by atoms with Crippen molar-refractivity contribution in [3.8, 4) is 0 Å². The molecule has 5 heteroatoms. The monoisotopic (exact) mass is 522 g/mol. The third-order valence-corrected chi connectivity index (χ3v) is 9.05. The molecule has 39 heavy (non-hydrogen) atoms. The van der Waals surface area contributed by atoms with E-state index < -0.39 is 0 Å². The lowest BCUT2D eigenvalue weighted by molar-refractivity contribution is 1.14. The minimum atomic E-state index is -0.0467. The number of rotatable bonds is 2. The summed E-state index contributed by atoms with van der Waals surface area (Å²) in [7, 11) is 0. The summed E-state index contributed by atoms with van der Waals surface area (Å²) in [5.74, 6) is 0. The first-order valence-electron chi connectivity index (χ1n) is 13.1.